The zero-order valence-corrected chi connectivity index (χ0v) is 9.96. The Morgan fingerprint density at radius 3 is 1.93 bits per heavy atom. The molecular formula is C11H20N2O. The molecule has 0 aliphatic carbocycles. The SMILES string of the molecule is CC(C)C(=O)N(C(C)C)C(C)(C)C#N. The van der Waals surface area contributed by atoms with Crippen molar-refractivity contribution in [3.05, 3.63) is 0 Å². The van der Waals surface area contributed by atoms with Crippen LogP contribution in [0.25, 0.3) is 0 Å². The highest BCUT2D eigenvalue weighted by atomic mass is 16.2. The molecule has 0 rings (SSSR count). The topological polar surface area (TPSA) is 44.1 Å². The predicted molar refractivity (Wildman–Crippen MR) is 56.5 cm³/mol. The lowest BCUT2D eigenvalue weighted by Gasteiger charge is -2.37. The molecule has 0 aromatic heterocycles. The van der Waals surface area contributed by atoms with Gasteiger partial charge in [-0.2, -0.15) is 5.26 Å². The highest BCUT2D eigenvalue weighted by Gasteiger charge is 2.33. The summed E-state index contributed by atoms with van der Waals surface area (Å²) in [5, 5.41) is 9.00. The van der Waals surface area contributed by atoms with Crippen LogP contribution in [0.2, 0.25) is 0 Å². The average molecular weight is 196 g/mol. The van der Waals surface area contributed by atoms with E-state index in [1.807, 2.05) is 27.7 Å². The Morgan fingerprint density at radius 1 is 1.29 bits per heavy atom. The molecule has 0 atom stereocenters. The summed E-state index contributed by atoms with van der Waals surface area (Å²) in [4.78, 5) is 13.5. The molecule has 14 heavy (non-hydrogen) atoms. The quantitative estimate of drug-likeness (QED) is 0.694. The molecule has 0 saturated carbocycles. The number of carbonyl (C=O) groups is 1. The first kappa shape index (κ1) is 13.0. The van der Waals surface area contributed by atoms with Crippen molar-refractivity contribution in [2.45, 2.75) is 53.1 Å². The number of hydrogen-bond donors (Lipinski definition) is 0. The lowest BCUT2D eigenvalue weighted by Crippen LogP contribution is -2.52. The summed E-state index contributed by atoms with van der Waals surface area (Å²) in [6.07, 6.45) is 0. The van der Waals surface area contributed by atoms with Gasteiger partial charge < -0.3 is 4.90 Å². The first-order valence-corrected chi connectivity index (χ1v) is 4.98. The van der Waals surface area contributed by atoms with Crippen LogP contribution in [0.15, 0.2) is 0 Å². The van der Waals surface area contributed by atoms with Gasteiger partial charge in [0.25, 0.3) is 0 Å². The largest absolute Gasteiger partial charge is 0.322 e. The summed E-state index contributed by atoms with van der Waals surface area (Å²) >= 11 is 0. The lowest BCUT2D eigenvalue weighted by atomic mass is 10.00. The lowest BCUT2D eigenvalue weighted by molar-refractivity contribution is -0.140. The summed E-state index contributed by atoms with van der Waals surface area (Å²) in [7, 11) is 0. The summed E-state index contributed by atoms with van der Waals surface area (Å²) in [5.41, 5.74) is -0.727. The van der Waals surface area contributed by atoms with Crippen LogP contribution in [-0.4, -0.2) is 22.4 Å². The van der Waals surface area contributed by atoms with Gasteiger partial charge in [-0.25, -0.2) is 0 Å². The Bertz CT molecular complexity index is 249. The fraction of sp³-hybridized carbons (Fsp3) is 0.818. The second-order valence-corrected chi connectivity index (χ2v) is 4.63. The number of hydrogen-bond acceptors (Lipinski definition) is 2. The van der Waals surface area contributed by atoms with E-state index < -0.39 is 5.54 Å². The van der Waals surface area contributed by atoms with Gasteiger partial charge >= 0.3 is 0 Å². The van der Waals surface area contributed by atoms with E-state index in [-0.39, 0.29) is 17.9 Å². The van der Waals surface area contributed by atoms with E-state index in [1.165, 1.54) is 0 Å². The van der Waals surface area contributed by atoms with E-state index in [4.69, 9.17) is 5.26 Å². The van der Waals surface area contributed by atoms with Gasteiger partial charge in [0, 0.05) is 12.0 Å². The first-order chi connectivity index (χ1) is 6.24. The Hall–Kier alpha value is -1.04. The number of rotatable bonds is 3. The Balaban J connectivity index is 4.99. The van der Waals surface area contributed by atoms with Gasteiger partial charge in [0.2, 0.25) is 5.91 Å². The van der Waals surface area contributed by atoms with Gasteiger partial charge in [-0.3, -0.25) is 4.79 Å². The second kappa shape index (κ2) is 4.45. The Kier molecular flexibility index (Phi) is 4.12. The number of amides is 1. The molecular weight excluding hydrogens is 176 g/mol. The zero-order valence-electron chi connectivity index (χ0n) is 9.96. The maximum atomic E-state index is 11.9. The van der Waals surface area contributed by atoms with Gasteiger partial charge in [-0.1, -0.05) is 13.8 Å². The van der Waals surface area contributed by atoms with Crippen LogP contribution in [0.4, 0.5) is 0 Å². The van der Waals surface area contributed by atoms with Gasteiger partial charge in [0.1, 0.15) is 5.54 Å². The molecule has 0 heterocycles. The number of nitrogens with zero attached hydrogens (tertiary/aromatic N) is 2. The van der Waals surface area contributed by atoms with Crippen molar-refractivity contribution >= 4 is 5.91 Å². The number of nitriles is 1. The molecule has 0 saturated heterocycles. The van der Waals surface area contributed by atoms with Crippen molar-refractivity contribution in [3.63, 3.8) is 0 Å². The molecule has 0 aromatic carbocycles. The van der Waals surface area contributed by atoms with Crippen LogP contribution in [0.3, 0.4) is 0 Å². The maximum absolute atomic E-state index is 11.9. The molecule has 0 aliphatic heterocycles. The molecule has 0 N–H and O–H groups in total. The first-order valence-electron chi connectivity index (χ1n) is 4.98. The van der Waals surface area contributed by atoms with Crippen molar-refractivity contribution in [3.8, 4) is 6.07 Å². The molecule has 0 spiro atoms. The standard InChI is InChI=1S/C11H20N2O/c1-8(2)10(14)13(9(3)4)11(5,6)7-12/h8-9H,1-6H3. The van der Waals surface area contributed by atoms with Crippen molar-refractivity contribution in [2.75, 3.05) is 0 Å². The maximum Gasteiger partial charge on any atom is 0.226 e. The van der Waals surface area contributed by atoms with Crippen molar-refractivity contribution in [1.82, 2.24) is 4.90 Å². The molecule has 1 amide bonds. The summed E-state index contributed by atoms with van der Waals surface area (Å²) in [6, 6.07) is 2.22. The van der Waals surface area contributed by atoms with Crippen molar-refractivity contribution < 1.29 is 4.79 Å². The minimum absolute atomic E-state index is 0.0338. The van der Waals surface area contributed by atoms with E-state index in [0.29, 0.717) is 0 Å². The van der Waals surface area contributed by atoms with Crippen LogP contribution >= 0.6 is 0 Å². The third-order valence-electron chi connectivity index (χ3n) is 2.12. The predicted octanol–water partition coefficient (Wildman–Crippen LogP) is 2.18. The minimum Gasteiger partial charge on any atom is -0.322 e. The molecule has 0 aliphatic rings. The Morgan fingerprint density at radius 2 is 1.71 bits per heavy atom. The third-order valence-corrected chi connectivity index (χ3v) is 2.12. The van der Waals surface area contributed by atoms with E-state index in [0.717, 1.165) is 0 Å². The highest BCUT2D eigenvalue weighted by Crippen LogP contribution is 2.19. The summed E-state index contributed by atoms with van der Waals surface area (Å²) in [5.74, 6) is -0.0309. The molecule has 0 aromatic rings. The van der Waals surface area contributed by atoms with E-state index in [1.54, 1.807) is 18.7 Å². The molecule has 0 unspecified atom stereocenters. The van der Waals surface area contributed by atoms with Crippen LogP contribution < -0.4 is 0 Å². The molecule has 3 heteroatoms. The molecule has 0 fully saturated rings. The van der Waals surface area contributed by atoms with Crippen LogP contribution in [-0.2, 0) is 4.79 Å². The molecule has 80 valence electrons. The third kappa shape index (κ3) is 2.73. The minimum atomic E-state index is -0.727. The van der Waals surface area contributed by atoms with Gasteiger partial charge in [-0.15, -0.1) is 0 Å². The highest BCUT2D eigenvalue weighted by molar-refractivity contribution is 5.79. The van der Waals surface area contributed by atoms with Crippen molar-refractivity contribution in [1.29, 1.82) is 5.26 Å². The second-order valence-electron chi connectivity index (χ2n) is 4.63. The summed E-state index contributed by atoms with van der Waals surface area (Å²) in [6.45, 7) is 11.1. The molecule has 0 bridgehead atoms. The average Bonchev–Trinajstić information content (AvgIpc) is 2.03. The Labute approximate surface area is 86.7 Å². The monoisotopic (exact) mass is 196 g/mol. The molecule has 3 nitrogen and oxygen atoms in total. The normalized spacial score (nSPS) is 11.6. The van der Waals surface area contributed by atoms with E-state index >= 15 is 0 Å². The number of carbonyl (C=O) groups excluding carboxylic acids is 1. The van der Waals surface area contributed by atoms with Crippen LogP contribution in [0.1, 0.15) is 41.5 Å². The molecule has 0 radical (unpaired) electrons. The van der Waals surface area contributed by atoms with Crippen molar-refractivity contribution in [2.24, 2.45) is 5.92 Å². The van der Waals surface area contributed by atoms with Gasteiger partial charge in [0.05, 0.1) is 6.07 Å². The fourth-order valence-corrected chi connectivity index (χ4v) is 1.51. The zero-order chi connectivity index (χ0) is 11.5. The van der Waals surface area contributed by atoms with E-state index in [2.05, 4.69) is 6.07 Å². The smallest absolute Gasteiger partial charge is 0.226 e. The van der Waals surface area contributed by atoms with Crippen LogP contribution in [0.5, 0.6) is 0 Å². The van der Waals surface area contributed by atoms with Gasteiger partial charge in [0.15, 0.2) is 0 Å². The van der Waals surface area contributed by atoms with Gasteiger partial charge in [-0.05, 0) is 27.7 Å². The summed E-state index contributed by atoms with van der Waals surface area (Å²) < 4.78 is 0. The van der Waals surface area contributed by atoms with Crippen LogP contribution in [0, 0.1) is 17.2 Å². The van der Waals surface area contributed by atoms with E-state index in [9.17, 15) is 4.79 Å². The fourth-order valence-electron chi connectivity index (χ4n) is 1.51.